The van der Waals surface area contributed by atoms with E-state index in [4.69, 9.17) is 11.6 Å². The number of carbonyl (C=O) groups excluding carboxylic acids is 2. The summed E-state index contributed by atoms with van der Waals surface area (Å²) in [5.74, 6) is 0.570. The topological polar surface area (TPSA) is 62.3 Å². The zero-order valence-corrected chi connectivity index (χ0v) is 15.4. The molecule has 0 bridgehead atoms. The monoisotopic (exact) mass is 375 g/mol. The predicted molar refractivity (Wildman–Crippen MR) is 101 cm³/mol. The van der Waals surface area contributed by atoms with Gasteiger partial charge in [0.2, 0.25) is 11.8 Å². The lowest BCUT2D eigenvalue weighted by Gasteiger charge is -2.28. The van der Waals surface area contributed by atoms with E-state index in [0.29, 0.717) is 17.3 Å². The summed E-state index contributed by atoms with van der Waals surface area (Å²) in [5.41, 5.74) is 2.43. The number of aryl methyl sites for hydroxylation is 1. The Morgan fingerprint density at radius 1 is 1.32 bits per heavy atom. The molecule has 1 aliphatic heterocycles. The molecule has 130 valence electrons. The van der Waals surface area contributed by atoms with Gasteiger partial charge in [0.25, 0.3) is 0 Å². The summed E-state index contributed by atoms with van der Waals surface area (Å²) >= 11 is 7.56. The third-order valence-corrected chi connectivity index (χ3v) is 5.13. The van der Waals surface area contributed by atoms with Gasteiger partial charge in [0.05, 0.1) is 5.69 Å². The Morgan fingerprint density at radius 3 is 2.96 bits per heavy atom. The number of thioether (sulfide) groups is 1. The maximum absolute atomic E-state index is 12.5. The van der Waals surface area contributed by atoms with E-state index in [9.17, 15) is 9.59 Å². The average Bonchev–Trinajstić information content (AvgIpc) is 2.61. The van der Waals surface area contributed by atoms with Gasteiger partial charge in [-0.05, 0) is 42.8 Å². The minimum absolute atomic E-state index is 0.0578. The fourth-order valence-electron chi connectivity index (χ4n) is 2.65. The molecule has 0 radical (unpaired) electrons. The van der Waals surface area contributed by atoms with Crippen molar-refractivity contribution in [2.45, 2.75) is 24.8 Å². The van der Waals surface area contributed by atoms with Gasteiger partial charge in [0.15, 0.2) is 0 Å². The molecule has 0 saturated carbocycles. The molecule has 0 aliphatic carbocycles. The molecule has 2 amide bonds. The van der Waals surface area contributed by atoms with E-state index in [1.54, 1.807) is 41.1 Å². The minimum atomic E-state index is -0.184. The summed E-state index contributed by atoms with van der Waals surface area (Å²) in [6.45, 7) is 2.52. The molecular formula is C18H18ClN3O2S. The zero-order chi connectivity index (χ0) is 17.8. The van der Waals surface area contributed by atoms with E-state index >= 15 is 0 Å². The van der Waals surface area contributed by atoms with Gasteiger partial charge in [-0.2, -0.15) is 0 Å². The number of aromatic nitrogens is 1. The molecule has 25 heavy (non-hydrogen) atoms. The highest BCUT2D eigenvalue weighted by molar-refractivity contribution is 7.99. The summed E-state index contributed by atoms with van der Waals surface area (Å²) in [5, 5.41) is 4.32. The van der Waals surface area contributed by atoms with E-state index in [-0.39, 0.29) is 24.7 Å². The molecule has 0 unspecified atom stereocenters. The summed E-state index contributed by atoms with van der Waals surface area (Å²) in [6, 6.07) is 8.99. The van der Waals surface area contributed by atoms with Crippen molar-refractivity contribution in [1.29, 1.82) is 0 Å². The summed E-state index contributed by atoms with van der Waals surface area (Å²) < 4.78 is 0. The Morgan fingerprint density at radius 2 is 2.16 bits per heavy atom. The molecule has 7 heteroatoms. The summed E-state index contributed by atoms with van der Waals surface area (Å²) in [6.07, 6.45) is 2.03. The first-order chi connectivity index (χ1) is 12.0. The van der Waals surface area contributed by atoms with Crippen LogP contribution in [0.3, 0.4) is 0 Å². The van der Waals surface area contributed by atoms with Crippen molar-refractivity contribution < 1.29 is 9.59 Å². The maximum atomic E-state index is 12.5. The van der Waals surface area contributed by atoms with Crippen molar-refractivity contribution in [3.05, 3.63) is 47.1 Å². The van der Waals surface area contributed by atoms with Crippen LogP contribution >= 0.6 is 23.4 Å². The number of halogens is 1. The van der Waals surface area contributed by atoms with Crippen molar-refractivity contribution in [3.8, 4) is 0 Å². The van der Waals surface area contributed by atoms with E-state index in [1.165, 1.54) is 0 Å². The molecule has 1 aromatic carbocycles. The second-order valence-electron chi connectivity index (χ2n) is 5.73. The summed E-state index contributed by atoms with van der Waals surface area (Å²) in [7, 11) is 0. The fourth-order valence-corrected chi connectivity index (χ4v) is 3.80. The van der Waals surface area contributed by atoms with Crippen molar-refractivity contribution in [3.63, 3.8) is 0 Å². The van der Waals surface area contributed by atoms with Crippen LogP contribution in [0.2, 0.25) is 5.02 Å². The minimum Gasteiger partial charge on any atom is -0.326 e. The van der Waals surface area contributed by atoms with Crippen LogP contribution < -0.4 is 10.2 Å². The molecular weight excluding hydrogens is 358 g/mol. The second kappa shape index (κ2) is 7.89. The van der Waals surface area contributed by atoms with Gasteiger partial charge in [-0.1, -0.05) is 11.6 Å². The molecule has 2 aromatic rings. The predicted octanol–water partition coefficient (Wildman–Crippen LogP) is 3.90. The van der Waals surface area contributed by atoms with Crippen molar-refractivity contribution >= 4 is 46.6 Å². The number of pyridine rings is 1. The Kier molecular flexibility index (Phi) is 5.60. The number of anilines is 2. The standard InChI is InChI=1S/C18H18ClN3O2S/c1-12-11-13(19)4-5-14(12)21-16(23)6-7-17(24)22-9-10-25-18-15(22)3-2-8-20-18/h2-5,8,11H,6-7,9-10H2,1H3,(H,21,23). The third-order valence-electron chi connectivity index (χ3n) is 3.93. The van der Waals surface area contributed by atoms with E-state index in [1.807, 2.05) is 19.1 Å². The highest BCUT2D eigenvalue weighted by Gasteiger charge is 2.23. The average molecular weight is 376 g/mol. The van der Waals surface area contributed by atoms with Gasteiger partial charge in [-0.15, -0.1) is 11.8 Å². The number of amides is 2. The number of hydrogen-bond donors (Lipinski definition) is 1. The number of nitrogens with one attached hydrogen (secondary N) is 1. The first-order valence-corrected chi connectivity index (χ1v) is 9.35. The van der Waals surface area contributed by atoms with Crippen LogP contribution in [0.4, 0.5) is 11.4 Å². The molecule has 5 nitrogen and oxygen atoms in total. The van der Waals surface area contributed by atoms with Crippen molar-refractivity contribution in [2.24, 2.45) is 0 Å². The normalized spacial score (nSPS) is 13.3. The quantitative estimate of drug-likeness (QED) is 0.880. The van der Waals surface area contributed by atoms with Gasteiger partial charge < -0.3 is 10.2 Å². The van der Waals surface area contributed by atoms with Gasteiger partial charge in [-0.25, -0.2) is 4.98 Å². The molecule has 0 fully saturated rings. The molecule has 1 aliphatic rings. The number of benzene rings is 1. The Labute approximate surface area is 155 Å². The lowest BCUT2D eigenvalue weighted by Crippen LogP contribution is -2.36. The SMILES string of the molecule is Cc1cc(Cl)ccc1NC(=O)CCC(=O)N1CCSc2ncccc21. The van der Waals surface area contributed by atoms with Crippen LogP contribution in [-0.4, -0.2) is 29.1 Å². The molecule has 0 saturated heterocycles. The number of fused-ring (bicyclic) bond motifs is 1. The van der Waals surface area contributed by atoms with Crippen LogP contribution in [0.25, 0.3) is 0 Å². The first kappa shape index (κ1) is 17.8. The van der Waals surface area contributed by atoms with Crippen molar-refractivity contribution in [1.82, 2.24) is 4.98 Å². The molecule has 0 atom stereocenters. The van der Waals surface area contributed by atoms with Crippen LogP contribution in [0.15, 0.2) is 41.6 Å². The number of hydrogen-bond acceptors (Lipinski definition) is 4. The fraction of sp³-hybridized carbons (Fsp3) is 0.278. The Balaban J connectivity index is 1.58. The van der Waals surface area contributed by atoms with Crippen molar-refractivity contribution in [2.75, 3.05) is 22.5 Å². The van der Waals surface area contributed by atoms with Crippen LogP contribution in [0, 0.1) is 6.92 Å². The smallest absolute Gasteiger partial charge is 0.227 e. The van der Waals surface area contributed by atoms with Crippen LogP contribution in [0.5, 0.6) is 0 Å². The van der Waals surface area contributed by atoms with Crippen LogP contribution in [-0.2, 0) is 9.59 Å². The zero-order valence-electron chi connectivity index (χ0n) is 13.8. The van der Waals surface area contributed by atoms with E-state index < -0.39 is 0 Å². The first-order valence-electron chi connectivity index (χ1n) is 7.99. The van der Waals surface area contributed by atoms with Crippen LogP contribution in [0.1, 0.15) is 18.4 Å². The molecule has 1 N–H and O–H groups in total. The number of rotatable bonds is 4. The largest absolute Gasteiger partial charge is 0.326 e. The van der Waals surface area contributed by atoms with E-state index in [0.717, 1.165) is 22.0 Å². The highest BCUT2D eigenvalue weighted by Crippen LogP contribution is 2.32. The van der Waals surface area contributed by atoms with Gasteiger partial charge in [0.1, 0.15) is 5.03 Å². The second-order valence-corrected chi connectivity index (χ2v) is 7.25. The van der Waals surface area contributed by atoms with Gasteiger partial charge in [0, 0.05) is 42.0 Å². The number of carbonyl (C=O) groups is 2. The lowest BCUT2D eigenvalue weighted by molar-refractivity contribution is -0.122. The molecule has 3 rings (SSSR count). The molecule has 0 spiro atoms. The lowest BCUT2D eigenvalue weighted by atomic mass is 10.2. The molecule has 2 heterocycles. The summed E-state index contributed by atoms with van der Waals surface area (Å²) in [4.78, 5) is 30.7. The maximum Gasteiger partial charge on any atom is 0.227 e. The van der Waals surface area contributed by atoms with E-state index in [2.05, 4.69) is 10.3 Å². The third kappa shape index (κ3) is 4.32. The Bertz CT molecular complexity index is 813. The highest BCUT2D eigenvalue weighted by atomic mass is 35.5. The number of nitrogens with zero attached hydrogens (tertiary/aromatic N) is 2. The van der Waals surface area contributed by atoms with Gasteiger partial charge >= 0.3 is 0 Å². The molecule has 1 aromatic heterocycles. The Hall–Kier alpha value is -2.05. The van der Waals surface area contributed by atoms with Gasteiger partial charge in [-0.3, -0.25) is 9.59 Å².